The Kier molecular flexibility index (Phi) is 6.13. The molecule has 1 heterocycles. The summed E-state index contributed by atoms with van der Waals surface area (Å²) in [5.74, 6) is 0.0819. The molecular formula is C20H27ClN4O3. The first-order valence-electron chi connectivity index (χ1n) is 9.72. The lowest BCUT2D eigenvalue weighted by atomic mass is 9.92. The molecule has 0 aromatic heterocycles. The average Bonchev–Trinajstić information content (AvgIpc) is 3.22. The highest BCUT2D eigenvalue weighted by Gasteiger charge is 2.43. The molecule has 5 amide bonds. The summed E-state index contributed by atoms with van der Waals surface area (Å²) in [4.78, 5) is 37.7. The number of halogens is 1. The third-order valence-corrected chi connectivity index (χ3v) is 5.67. The van der Waals surface area contributed by atoms with E-state index in [1.165, 1.54) is 0 Å². The van der Waals surface area contributed by atoms with Crippen LogP contribution < -0.4 is 16.0 Å². The topological polar surface area (TPSA) is 90.5 Å². The Hall–Kier alpha value is -2.28. The molecule has 0 unspecified atom stereocenters. The molecule has 0 bridgehead atoms. The molecule has 1 aliphatic carbocycles. The van der Waals surface area contributed by atoms with Crippen molar-refractivity contribution < 1.29 is 14.4 Å². The minimum atomic E-state index is -0.903. The van der Waals surface area contributed by atoms with Gasteiger partial charge in [-0.3, -0.25) is 9.69 Å². The van der Waals surface area contributed by atoms with Crippen molar-refractivity contribution in [3.05, 3.63) is 34.9 Å². The zero-order chi connectivity index (χ0) is 20.3. The van der Waals surface area contributed by atoms with Crippen molar-refractivity contribution in [2.45, 2.75) is 51.1 Å². The van der Waals surface area contributed by atoms with Crippen LogP contribution in [0.25, 0.3) is 0 Å². The first kappa shape index (κ1) is 20.5. The fourth-order valence-electron chi connectivity index (χ4n) is 3.96. The Labute approximate surface area is 170 Å². The van der Waals surface area contributed by atoms with Gasteiger partial charge in [-0.05, 0) is 50.3 Å². The zero-order valence-electron chi connectivity index (χ0n) is 16.3. The Morgan fingerprint density at radius 3 is 2.64 bits per heavy atom. The second-order valence-electron chi connectivity index (χ2n) is 7.99. The van der Waals surface area contributed by atoms with Crippen molar-refractivity contribution in [3.63, 3.8) is 0 Å². The van der Waals surface area contributed by atoms with Gasteiger partial charge in [0.15, 0.2) is 0 Å². The predicted molar refractivity (Wildman–Crippen MR) is 107 cm³/mol. The van der Waals surface area contributed by atoms with Crippen molar-refractivity contribution in [1.82, 2.24) is 20.9 Å². The molecular weight excluding hydrogens is 380 g/mol. The van der Waals surface area contributed by atoms with Gasteiger partial charge in [0.25, 0.3) is 5.91 Å². The quantitative estimate of drug-likeness (QED) is 0.633. The van der Waals surface area contributed by atoms with Gasteiger partial charge >= 0.3 is 12.1 Å². The van der Waals surface area contributed by atoms with E-state index in [1.807, 2.05) is 24.3 Å². The molecule has 0 spiro atoms. The van der Waals surface area contributed by atoms with Crippen molar-refractivity contribution in [3.8, 4) is 0 Å². The highest BCUT2D eigenvalue weighted by Crippen LogP contribution is 2.36. The monoisotopic (exact) mass is 406 g/mol. The molecule has 2 fully saturated rings. The Bertz CT molecular complexity index is 762. The Morgan fingerprint density at radius 1 is 1.32 bits per heavy atom. The number of benzene rings is 1. The lowest BCUT2D eigenvalue weighted by Gasteiger charge is -2.26. The van der Waals surface area contributed by atoms with Gasteiger partial charge < -0.3 is 16.0 Å². The van der Waals surface area contributed by atoms with E-state index in [-0.39, 0.29) is 31.1 Å². The molecule has 1 atom stereocenters. The smallest absolute Gasteiger partial charge is 0.325 e. The molecule has 7 nitrogen and oxygen atoms in total. The summed E-state index contributed by atoms with van der Waals surface area (Å²) in [5, 5.41) is 9.08. The number of nitrogens with one attached hydrogen (secondary N) is 3. The number of rotatable bonds is 6. The van der Waals surface area contributed by atoms with Crippen LogP contribution in [-0.2, 0) is 4.79 Å². The Balaban J connectivity index is 1.57. The lowest BCUT2D eigenvalue weighted by molar-refractivity contribution is -0.130. The van der Waals surface area contributed by atoms with Gasteiger partial charge in [-0.25, -0.2) is 9.59 Å². The number of urea groups is 2. The van der Waals surface area contributed by atoms with Crippen LogP contribution >= 0.6 is 11.6 Å². The SMILES string of the molecule is CC1(C)NC(=O)N(CCNC(=O)N[C@H](c2cccc(Cl)c2)C2CCCC2)C1=O. The van der Waals surface area contributed by atoms with E-state index in [4.69, 9.17) is 11.6 Å². The fraction of sp³-hybridized carbons (Fsp3) is 0.550. The van der Waals surface area contributed by atoms with Crippen molar-refractivity contribution in [2.24, 2.45) is 5.92 Å². The molecule has 1 saturated carbocycles. The second-order valence-corrected chi connectivity index (χ2v) is 8.43. The first-order chi connectivity index (χ1) is 13.3. The lowest BCUT2D eigenvalue weighted by Crippen LogP contribution is -2.45. The molecule has 0 radical (unpaired) electrons. The van der Waals surface area contributed by atoms with E-state index >= 15 is 0 Å². The minimum absolute atomic E-state index is 0.114. The summed E-state index contributed by atoms with van der Waals surface area (Å²) in [5.41, 5.74) is 0.0878. The summed E-state index contributed by atoms with van der Waals surface area (Å²) in [6.07, 6.45) is 4.45. The van der Waals surface area contributed by atoms with Gasteiger partial charge in [0, 0.05) is 18.1 Å². The molecule has 1 aliphatic heterocycles. The van der Waals surface area contributed by atoms with E-state index in [2.05, 4.69) is 16.0 Å². The molecule has 28 heavy (non-hydrogen) atoms. The summed E-state index contributed by atoms with van der Waals surface area (Å²) in [6.45, 7) is 3.63. The Morgan fingerprint density at radius 2 is 2.04 bits per heavy atom. The summed E-state index contributed by atoms with van der Waals surface area (Å²) < 4.78 is 0. The zero-order valence-corrected chi connectivity index (χ0v) is 17.0. The van der Waals surface area contributed by atoms with Crippen LogP contribution in [0.1, 0.15) is 51.1 Å². The van der Waals surface area contributed by atoms with Crippen LogP contribution in [0.5, 0.6) is 0 Å². The van der Waals surface area contributed by atoms with E-state index in [9.17, 15) is 14.4 Å². The van der Waals surface area contributed by atoms with Crippen LogP contribution in [0, 0.1) is 5.92 Å². The van der Waals surface area contributed by atoms with Gasteiger partial charge in [0.2, 0.25) is 0 Å². The van der Waals surface area contributed by atoms with Crippen LogP contribution in [0.15, 0.2) is 24.3 Å². The number of hydrogen-bond donors (Lipinski definition) is 3. The van der Waals surface area contributed by atoms with E-state index < -0.39 is 11.6 Å². The highest BCUT2D eigenvalue weighted by atomic mass is 35.5. The summed E-state index contributed by atoms with van der Waals surface area (Å²) >= 11 is 6.14. The number of amides is 5. The first-order valence-corrected chi connectivity index (χ1v) is 10.1. The highest BCUT2D eigenvalue weighted by molar-refractivity contribution is 6.30. The van der Waals surface area contributed by atoms with Crippen LogP contribution in [0.4, 0.5) is 9.59 Å². The number of imide groups is 1. The maximum atomic E-state index is 12.5. The summed E-state index contributed by atoms with van der Waals surface area (Å²) in [6, 6.07) is 6.71. The molecule has 1 aromatic carbocycles. The predicted octanol–water partition coefficient (Wildman–Crippen LogP) is 3.20. The second kappa shape index (κ2) is 8.39. The number of carbonyl (C=O) groups is 3. The van der Waals surface area contributed by atoms with Crippen molar-refractivity contribution in [2.75, 3.05) is 13.1 Å². The number of hydrogen-bond acceptors (Lipinski definition) is 3. The summed E-state index contributed by atoms with van der Waals surface area (Å²) in [7, 11) is 0. The molecule has 1 aromatic rings. The van der Waals surface area contributed by atoms with Crippen molar-refractivity contribution >= 4 is 29.6 Å². The van der Waals surface area contributed by atoms with Gasteiger partial charge in [0.1, 0.15) is 5.54 Å². The average molecular weight is 407 g/mol. The minimum Gasteiger partial charge on any atom is -0.336 e. The standard InChI is InChI=1S/C20H27ClN4O3/c1-20(2)17(26)25(19(28)24-20)11-10-22-18(27)23-16(13-6-3-4-7-13)14-8-5-9-15(21)12-14/h5,8-9,12-13,16H,3-4,6-7,10-11H2,1-2H3,(H,24,28)(H2,22,23,27)/t16-/m0/s1. The van der Waals surface area contributed by atoms with Crippen LogP contribution in [-0.4, -0.2) is 41.5 Å². The maximum Gasteiger partial charge on any atom is 0.325 e. The van der Waals surface area contributed by atoms with Crippen LogP contribution in [0.3, 0.4) is 0 Å². The van der Waals surface area contributed by atoms with E-state index in [0.717, 1.165) is 36.1 Å². The molecule has 152 valence electrons. The normalized spacial score (nSPS) is 20.2. The molecule has 2 aliphatic rings. The third kappa shape index (κ3) is 4.58. The van der Waals surface area contributed by atoms with E-state index in [0.29, 0.717) is 10.9 Å². The molecule has 1 saturated heterocycles. The van der Waals surface area contributed by atoms with Gasteiger partial charge in [-0.2, -0.15) is 0 Å². The maximum absolute atomic E-state index is 12.5. The third-order valence-electron chi connectivity index (χ3n) is 5.43. The molecule has 3 rings (SSSR count). The molecule has 3 N–H and O–H groups in total. The van der Waals surface area contributed by atoms with Gasteiger partial charge in [-0.15, -0.1) is 0 Å². The van der Waals surface area contributed by atoms with E-state index in [1.54, 1.807) is 13.8 Å². The number of carbonyl (C=O) groups excluding carboxylic acids is 3. The molecule has 8 heteroatoms. The number of nitrogens with zero attached hydrogens (tertiary/aromatic N) is 1. The van der Waals surface area contributed by atoms with Crippen molar-refractivity contribution in [1.29, 1.82) is 0 Å². The van der Waals surface area contributed by atoms with Gasteiger partial charge in [-0.1, -0.05) is 36.6 Å². The van der Waals surface area contributed by atoms with Crippen LogP contribution in [0.2, 0.25) is 5.02 Å². The van der Waals surface area contributed by atoms with Gasteiger partial charge in [0.05, 0.1) is 6.04 Å². The fourth-order valence-corrected chi connectivity index (χ4v) is 4.16. The largest absolute Gasteiger partial charge is 0.336 e.